The van der Waals surface area contributed by atoms with E-state index < -0.39 is 0 Å². The zero-order chi connectivity index (χ0) is 9.56. The summed E-state index contributed by atoms with van der Waals surface area (Å²) in [6.07, 6.45) is 0.920. The summed E-state index contributed by atoms with van der Waals surface area (Å²) in [7, 11) is 0. The summed E-state index contributed by atoms with van der Waals surface area (Å²) in [6.45, 7) is 4.40. The van der Waals surface area contributed by atoms with Crippen molar-refractivity contribution in [3.8, 4) is 0 Å². The van der Waals surface area contributed by atoms with Gasteiger partial charge in [0.25, 0.3) is 0 Å². The van der Waals surface area contributed by atoms with E-state index in [1.165, 1.54) is 0 Å². The van der Waals surface area contributed by atoms with Gasteiger partial charge >= 0.3 is 0 Å². The minimum absolute atomic E-state index is 0.0193. The monoisotopic (exact) mass is 189 g/mol. The molecule has 0 aromatic carbocycles. The SMILES string of the molecule is CCCNC(=O)C(C)SC(=N)N. The van der Waals surface area contributed by atoms with Crippen LogP contribution in [0.4, 0.5) is 0 Å². The Morgan fingerprint density at radius 3 is 2.75 bits per heavy atom. The Balaban J connectivity index is 3.69. The van der Waals surface area contributed by atoms with Crippen LogP contribution >= 0.6 is 11.8 Å². The Morgan fingerprint density at radius 2 is 2.33 bits per heavy atom. The lowest BCUT2D eigenvalue weighted by Gasteiger charge is -2.09. The molecular formula is C7H15N3OS. The van der Waals surface area contributed by atoms with Crippen molar-refractivity contribution >= 4 is 22.8 Å². The van der Waals surface area contributed by atoms with E-state index in [2.05, 4.69) is 5.32 Å². The van der Waals surface area contributed by atoms with Gasteiger partial charge in [-0.3, -0.25) is 10.2 Å². The van der Waals surface area contributed by atoms with E-state index in [0.717, 1.165) is 18.2 Å². The van der Waals surface area contributed by atoms with Crippen molar-refractivity contribution in [3.63, 3.8) is 0 Å². The largest absolute Gasteiger partial charge is 0.379 e. The number of thioether (sulfide) groups is 1. The van der Waals surface area contributed by atoms with Crippen molar-refractivity contribution in [1.82, 2.24) is 5.32 Å². The molecule has 0 saturated carbocycles. The molecule has 1 unspecified atom stereocenters. The molecule has 70 valence electrons. The third kappa shape index (κ3) is 5.01. The molecule has 4 N–H and O–H groups in total. The molecule has 4 nitrogen and oxygen atoms in total. The summed E-state index contributed by atoms with van der Waals surface area (Å²) in [5, 5.41) is 9.39. The molecule has 1 atom stereocenters. The van der Waals surface area contributed by atoms with Crippen molar-refractivity contribution < 1.29 is 4.79 Å². The molecule has 0 aliphatic heterocycles. The number of nitrogens with one attached hydrogen (secondary N) is 2. The molecule has 0 radical (unpaired) electrons. The standard InChI is InChI=1S/C7H15N3OS/c1-3-4-10-6(11)5(2)12-7(8)9/h5H,3-4H2,1-2H3,(H3,8,9)(H,10,11). The van der Waals surface area contributed by atoms with Crippen LogP contribution in [0, 0.1) is 5.41 Å². The van der Waals surface area contributed by atoms with Gasteiger partial charge in [-0.15, -0.1) is 0 Å². The molecule has 1 amide bonds. The van der Waals surface area contributed by atoms with E-state index in [1.807, 2.05) is 6.92 Å². The third-order valence-corrected chi connectivity index (χ3v) is 2.04. The van der Waals surface area contributed by atoms with Gasteiger partial charge in [0.15, 0.2) is 5.17 Å². The molecule has 0 aromatic rings. The van der Waals surface area contributed by atoms with Gasteiger partial charge in [-0.2, -0.15) is 0 Å². The number of rotatable bonds is 4. The highest BCUT2D eigenvalue weighted by atomic mass is 32.2. The van der Waals surface area contributed by atoms with Crippen molar-refractivity contribution in [1.29, 1.82) is 5.41 Å². The highest BCUT2D eigenvalue weighted by Crippen LogP contribution is 2.08. The summed E-state index contributed by atoms with van der Waals surface area (Å²) in [4.78, 5) is 11.2. The van der Waals surface area contributed by atoms with Crippen LogP contribution in [0.15, 0.2) is 0 Å². The average Bonchev–Trinajstić information content (AvgIpc) is 1.98. The number of carbonyl (C=O) groups is 1. The van der Waals surface area contributed by atoms with Gasteiger partial charge in [0.1, 0.15) is 0 Å². The molecule has 0 aliphatic carbocycles. The molecule has 0 saturated heterocycles. The first-order chi connectivity index (χ1) is 5.57. The van der Waals surface area contributed by atoms with E-state index in [0.29, 0.717) is 6.54 Å². The topological polar surface area (TPSA) is 79.0 Å². The van der Waals surface area contributed by atoms with Crippen LogP contribution in [0.3, 0.4) is 0 Å². The van der Waals surface area contributed by atoms with Gasteiger partial charge in [-0.25, -0.2) is 0 Å². The number of amides is 1. The number of hydrogen-bond acceptors (Lipinski definition) is 3. The molecule has 0 bridgehead atoms. The Morgan fingerprint density at radius 1 is 1.75 bits per heavy atom. The first-order valence-electron chi connectivity index (χ1n) is 3.86. The van der Waals surface area contributed by atoms with Crippen LogP contribution in [0.5, 0.6) is 0 Å². The van der Waals surface area contributed by atoms with E-state index in [1.54, 1.807) is 6.92 Å². The minimum Gasteiger partial charge on any atom is -0.379 e. The Bertz CT molecular complexity index is 172. The van der Waals surface area contributed by atoms with Crippen molar-refractivity contribution in [3.05, 3.63) is 0 Å². The van der Waals surface area contributed by atoms with E-state index in [-0.39, 0.29) is 16.3 Å². The first-order valence-corrected chi connectivity index (χ1v) is 4.74. The number of amidine groups is 1. The Kier molecular flexibility index (Phi) is 5.53. The smallest absolute Gasteiger partial charge is 0.233 e. The quantitative estimate of drug-likeness (QED) is 0.446. The molecule has 12 heavy (non-hydrogen) atoms. The lowest BCUT2D eigenvalue weighted by Crippen LogP contribution is -2.32. The van der Waals surface area contributed by atoms with Crippen LogP contribution in [0.2, 0.25) is 0 Å². The van der Waals surface area contributed by atoms with Crippen LogP contribution in [0.25, 0.3) is 0 Å². The van der Waals surface area contributed by atoms with Gasteiger partial charge in [-0.1, -0.05) is 18.7 Å². The fourth-order valence-electron chi connectivity index (χ4n) is 0.636. The predicted octanol–water partition coefficient (Wildman–Crippen LogP) is 0.528. The van der Waals surface area contributed by atoms with Crippen molar-refractivity contribution in [2.45, 2.75) is 25.5 Å². The lowest BCUT2D eigenvalue weighted by atomic mass is 10.4. The second-order valence-corrected chi connectivity index (χ2v) is 3.80. The number of carbonyl (C=O) groups excluding carboxylic acids is 1. The molecule has 0 spiro atoms. The van der Waals surface area contributed by atoms with Crippen LogP contribution in [-0.2, 0) is 4.79 Å². The van der Waals surface area contributed by atoms with Gasteiger partial charge in [-0.05, 0) is 13.3 Å². The summed E-state index contributed by atoms with van der Waals surface area (Å²) in [6, 6.07) is 0. The Labute approximate surface area is 76.8 Å². The summed E-state index contributed by atoms with van der Waals surface area (Å²) in [5.41, 5.74) is 5.13. The van der Waals surface area contributed by atoms with Crippen LogP contribution in [-0.4, -0.2) is 22.9 Å². The third-order valence-electron chi connectivity index (χ3n) is 1.22. The second kappa shape index (κ2) is 5.88. The normalized spacial score (nSPS) is 12.2. The maximum atomic E-state index is 11.2. The maximum absolute atomic E-state index is 11.2. The van der Waals surface area contributed by atoms with Crippen molar-refractivity contribution in [2.75, 3.05) is 6.54 Å². The van der Waals surface area contributed by atoms with Gasteiger partial charge < -0.3 is 11.1 Å². The second-order valence-electron chi connectivity index (χ2n) is 2.42. The molecule has 5 heteroatoms. The fourth-order valence-corrected chi connectivity index (χ4v) is 1.21. The molecule has 0 aromatic heterocycles. The number of nitrogens with two attached hydrogens (primary N) is 1. The minimum atomic E-state index is -0.269. The van der Waals surface area contributed by atoms with E-state index in [4.69, 9.17) is 11.1 Å². The zero-order valence-corrected chi connectivity index (χ0v) is 8.20. The predicted molar refractivity (Wildman–Crippen MR) is 52.3 cm³/mol. The summed E-state index contributed by atoms with van der Waals surface area (Å²) >= 11 is 1.06. The molecule has 0 fully saturated rings. The Hall–Kier alpha value is -0.710. The van der Waals surface area contributed by atoms with Gasteiger partial charge in [0.2, 0.25) is 5.91 Å². The maximum Gasteiger partial charge on any atom is 0.233 e. The lowest BCUT2D eigenvalue weighted by molar-refractivity contribution is -0.120. The molecular weight excluding hydrogens is 174 g/mol. The van der Waals surface area contributed by atoms with Crippen LogP contribution in [0.1, 0.15) is 20.3 Å². The molecule has 0 aliphatic rings. The van der Waals surface area contributed by atoms with E-state index in [9.17, 15) is 4.79 Å². The summed E-state index contributed by atoms with van der Waals surface area (Å²) in [5.74, 6) is -0.0583. The van der Waals surface area contributed by atoms with Gasteiger partial charge in [0.05, 0.1) is 5.25 Å². The van der Waals surface area contributed by atoms with Crippen molar-refractivity contribution in [2.24, 2.45) is 5.73 Å². The van der Waals surface area contributed by atoms with Gasteiger partial charge in [0, 0.05) is 6.54 Å². The molecule has 0 rings (SSSR count). The average molecular weight is 189 g/mol. The molecule has 0 heterocycles. The van der Waals surface area contributed by atoms with E-state index >= 15 is 0 Å². The fraction of sp³-hybridized carbons (Fsp3) is 0.714. The van der Waals surface area contributed by atoms with Crippen LogP contribution < -0.4 is 11.1 Å². The summed E-state index contributed by atoms with van der Waals surface area (Å²) < 4.78 is 0. The number of hydrogen-bond donors (Lipinski definition) is 3. The highest BCUT2D eigenvalue weighted by molar-refractivity contribution is 8.14. The highest BCUT2D eigenvalue weighted by Gasteiger charge is 2.13. The first kappa shape index (κ1) is 11.3. The zero-order valence-electron chi connectivity index (χ0n) is 7.39.